The SMILES string of the molecule is COCC(=O)Nc1cccc(NC(=O)NCc2ccc(Cl)cc2)c1. The largest absolute Gasteiger partial charge is 0.375 e. The average Bonchev–Trinajstić information content (AvgIpc) is 2.55. The molecule has 0 aromatic heterocycles. The topological polar surface area (TPSA) is 79.5 Å². The molecule has 24 heavy (non-hydrogen) atoms. The molecule has 0 heterocycles. The molecule has 2 aromatic carbocycles. The van der Waals surface area contributed by atoms with Crippen LogP contribution in [0.3, 0.4) is 0 Å². The fourth-order valence-corrected chi connectivity index (χ4v) is 2.09. The van der Waals surface area contributed by atoms with Crippen molar-refractivity contribution in [3.63, 3.8) is 0 Å². The van der Waals surface area contributed by atoms with Gasteiger partial charge in [-0.1, -0.05) is 29.8 Å². The van der Waals surface area contributed by atoms with Crippen molar-refractivity contribution >= 4 is 34.9 Å². The fraction of sp³-hybridized carbons (Fsp3) is 0.176. The first-order valence-corrected chi connectivity index (χ1v) is 7.63. The van der Waals surface area contributed by atoms with Crippen molar-refractivity contribution < 1.29 is 14.3 Å². The summed E-state index contributed by atoms with van der Waals surface area (Å²) in [5, 5.41) is 8.78. The summed E-state index contributed by atoms with van der Waals surface area (Å²) in [6.07, 6.45) is 0. The highest BCUT2D eigenvalue weighted by molar-refractivity contribution is 6.30. The van der Waals surface area contributed by atoms with Gasteiger partial charge >= 0.3 is 6.03 Å². The van der Waals surface area contributed by atoms with E-state index in [-0.39, 0.29) is 18.5 Å². The van der Waals surface area contributed by atoms with Crippen molar-refractivity contribution in [3.05, 3.63) is 59.1 Å². The Morgan fingerprint density at radius 1 is 1.04 bits per heavy atom. The third kappa shape index (κ3) is 5.91. The third-order valence-corrected chi connectivity index (χ3v) is 3.30. The summed E-state index contributed by atoms with van der Waals surface area (Å²) in [4.78, 5) is 23.4. The minimum Gasteiger partial charge on any atom is -0.375 e. The van der Waals surface area contributed by atoms with Crippen LogP contribution in [0.1, 0.15) is 5.56 Å². The zero-order valence-corrected chi connectivity index (χ0v) is 13.9. The molecule has 0 fully saturated rings. The van der Waals surface area contributed by atoms with E-state index in [9.17, 15) is 9.59 Å². The van der Waals surface area contributed by atoms with Gasteiger partial charge in [0.05, 0.1) is 0 Å². The molecule has 0 aliphatic heterocycles. The number of rotatable bonds is 6. The van der Waals surface area contributed by atoms with Gasteiger partial charge in [-0.25, -0.2) is 4.79 Å². The predicted octanol–water partition coefficient (Wildman–Crippen LogP) is 3.25. The molecule has 7 heteroatoms. The van der Waals surface area contributed by atoms with Crippen molar-refractivity contribution in [2.75, 3.05) is 24.4 Å². The number of amides is 3. The van der Waals surface area contributed by atoms with Crippen LogP contribution in [0.15, 0.2) is 48.5 Å². The second kappa shape index (κ2) is 8.90. The summed E-state index contributed by atoms with van der Waals surface area (Å²) < 4.78 is 4.75. The van der Waals surface area contributed by atoms with Gasteiger partial charge in [-0.15, -0.1) is 0 Å². The molecule has 2 rings (SSSR count). The number of halogens is 1. The van der Waals surface area contributed by atoms with E-state index >= 15 is 0 Å². The summed E-state index contributed by atoms with van der Waals surface area (Å²) in [6.45, 7) is 0.354. The summed E-state index contributed by atoms with van der Waals surface area (Å²) in [7, 11) is 1.45. The van der Waals surface area contributed by atoms with Crippen LogP contribution < -0.4 is 16.0 Å². The summed E-state index contributed by atoms with van der Waals surface area (Å²) in [5.41, 5.74) is 2.08. The lowest BCUT2D eigenvalue weighted by Crippen LogP contribution is -2.28. The number of anilines is 2. The number of benzene rings is 2. The van der Waals surface area contributed by atoms with Gasteiger partial charge in [-0.2, -0.15) is 0 Å². The lowest BCUT2D eigenvalue weighted by molar-refractivity contribution is -0.119. The van der Waals surface area contributed by atoms with Crippen LogP contribution in [-0.2, 0) is 16.1 Å². The molecule has 0 aliphatic rings. The number of ether oxygens (including phenoxy) is 1. The Balaban J connectivity index is 1.87. The van der Waals surface area contributed by atoms with Crippen molar-refractivity contribution in [1.82, 2.24) is 5.32 Å². The molecule has 0 saturated carbocycles. The molecule has 0 atom stereocenters. The maximum absolute atomic E-state index is 11.9. The van der Waals surface area contributed by atoms with E-state index in [1.807, 2.05) is 12.1 Å². The lowest BCUT2D eigenvalue weighted by atomic mass is 10.2. The van der Waals surface area contributed by atoms with E-state index in [4.69, 9.17) is 16.3 Å². The Morgan fingerprint density at radius 3 is 2.38 bits per heavy atom. The third-order valence-electron chi connectivity index (χ3n) is 3.05. The Labute approximate surface area is 145 Å². The Hall–Kier alpha value is -2.57. The minimum absolute atomic E-state index is 0.0285. The summed E-state index contributed by atoms with van der Waals surface area (Å²) >= 11 is 5.81. The number of methoxy groups -OCH3 is 1. The maximum Gasteiger partial charge on any atom is 0.319 e. The quantitative estimate of drug-likeness (QED) is 0.750. The molecule has 6 nitrogen and oxygen atoms in total. The van der Waals surface area contributed by atoms with E-state index in [2.05, 4.69) is 16.0 Å². The minimum atomic E-state index is -0.342. The molecule has 0 radical (unpaired) electrons. The Kier molecular flexibility index (Phi) is 6.60. The van der Waals surface area contributed by atoms with Gasteiger partial charge in [-0.3, -0.25) is 4.79 Å². The van der Waals surface area contributed by atoms with Gasteiger partial charge in [0, 0.05) is 30.1 Å². The van der Waals surface area contributed by atoms with Crippen molar-refractivity contribution in [1.29, 1.82) is 0 Å². The van der Waals surface area contributed by atoms with Gasteiger partial charge in [0.2, 0.25) is 5.91 Å². The molecule has 0 aliphatic carbocycles. The molecule has 126 valence electrons. The zero-order chi connectivity index (χ0) is 17.4. The van der Waals surface area contributed by atoms with E-state index in [1.54, 1.807) is 36.4 Å². The second-order valence-electron chi connectivity index (χ2n) is 5.00. The molecule has 0 saturated heterocycles. The first-order chi connectivity index (χ1) is 11.6. The fourth-order valence-electron chi connectivity index (χ4n) is 1.96. The van der Waals surface area contributed by atoms with Crippen LogP contribution in [0.5, 0.6) is 0 Å². The second-order valence-corrected chi connectivity index (χ2v) is 5.43. The van der Waals surface area contributed by atoms with E-state index < -0.39 is 0 Å². The van der Waals surface area contributed by atoms with Crippen LogP contribution in [0.4, 0.5) is 16.2 Å². The number of hydrogen-bond donors (Lipinski definition) is 3. The molecule has 2 aromatic rings. The molecule has 0 unspecified atom stereocenters. The van der Waals surface area contributed by atoms with Crippen LogP contribution in [-0.4, -0.2) is 25.7 Å². The number of carbonyl (C=O) groups excluding carboxylic acids is 2. The first-order valence-electron chi connectivity index (χ1n) is 7.25. The lowest BCUT2D eigenvalue weighted by Gasteiger charge is -2.10. The van der Waals surface area contributed by atoms with Gasteiger partial charge in [0.25, 0.3) is 0 Å². The van der Waals surface area contributed by atoms with E-state index in [1.165, 1.54) is 7.11 Å². The van der Waals surface area contributed by atoms with Gasteiger partial charge < -0.3 is 20.7 Å². The van der Waals surface area contributed by atoms with Gasteiger partial charge in [0.1, 0.15) is 6.61 Å². The number of carbonyl (C=O) groups is 2. The summed E-state index contributed by atoms with van der Waals surface area (Å²) in [6, 6.07) is 13.7. The highest BCUT2D eigenvalue weighted by Crippen LogP contribution is 2.15. The Morgan fingerprint density at radius 2 is 1.71 bits per heavy atom. The van der Waals surface area contributed by atoms with Crippen molar-refractivity contribution in [2.45, 2.75) is 6.54 Å². The van der Waals surface area contributed by atoms with Crippen LogP contribution >= 0.6 is 11.6 Å². The normalized spacial score (nSPS) is 10.1. The zero-order valence-electron chi connectivity index (χ0n) is 13.1. The van der Waals surface area contributed by atoms with Crippen LogP contribution in [0.25, 0.3) is 0 Å². The van der Waals surface area contributed by atoms with Gasteiger partial charge in [0.15, 0.2) is 0 Å². The standard InChI is InChI=1S/C17H18ClN3O3/c1-24-11-16(22)20-14-3-2-4-15(9-14)21-17(23)19-10-12-5-7-13(18)8-6-12/h2-9H,10-11H2,1H3,(H,20,22)(H2,19,21,23). The van der Waals surface area contributed by atoms with Crippen molar-refractivity contribution in [3.8, 4) is 0 Å². The van der Waals surface area contributed by atoms with Crippen LogP contribution in [0, 0.1) is 0 Å². The van der Waals surface area contributed by atoms with Crippen molar-refractivity contribution in [2.24, 2.45) is 0 Å². The molecule has 3 amide bonds. The monoisotopic (exact) mass is 347 g/mol. The molecular formula is C17H18ClN3O3. The molecule has 0 spiro atoms. The molecule has 3 N–H and O–H groups in total. The molecular weight excluding hydrogens is 330 g/mol. The molecule has 0 bridgehead atoms. The summed E-state index contributed by atoms with van der Waals surface area (Å²) in [5.74, 6) is -0.262. The first kappa shape index (κ1) is 17.8. The highest BCUT2D eigenvalue weighted by Gasteiger charge is 2.05. The average molecular weight is 348 g/mol. The Bertz CT molecular complexity index is 704. The number of urea groups is 1. The smallest absolute Gasteiger partial charge is 0.319 e. The van der Waals surface area contributed by atoms with Crippen LogP contribution in [0.2, 0.25) is 5.02 Å². The predicted molar refractivity (Wildman–Crippen MR) is 94.3 cm³/mol. The highest BCUT2D eigenvalue weighted by atomic mass is 35.5. The number of hydrogen-bond acceptors (Lipinski definition) is 3. The van der Waals surface area contributed by atoms with Gasteiger partial charge in [-0.05, 0) is 35.9 Å². The number of nitrogens with one attached hydrogen (secondary N) is 3. The maximum atomic E-state index is 11.9. The van der Waals surface area contributed by atoms with E-state index in [0.717, 1.165) is 5.56 Å². The van der Waals surface area contributed by atoms with E-state index in [0.29, 0.717) is 22.9 Å².